The van der Waals surface area contributed by atoms with Gasteiger partial charge in [-0.15, -0.1) is 0 Å². The van der Waals surface area contributed by atoms with Gasteiger partial charge >= 0.3 is 0 Å². The van der Waals surface area contributed by atoms with E-state index in [1.54, 1.807) is 24.3 Å². The summed E-state index contributed by atoms with van der Waals surface area (Å²) in [6.45, 7) is 6.61. The van der Waals surface area contributed by atoms with Gasteiger partial charge in [0.25, 0.3) is 11.1 Å². The molecule has 170 valence electrons. The van der Waals surface area contributed by atoms with E-state index in [1.807, 2.05) is 31.2 Å². The second kappa shape index (κ2) is 9.89. The van der Waals surface area contributed by atoms with Crippen LogP contribution in [-0.4, -0.2) is 29.2 Å². The van der Waals surface area contributed by atoms with Gasteiger partial charge in [0, 0.05) is 11.6 Å². The van der Waals surface area contributed by atoms with Crippen molar-refractivity contribution < 1.29 is 18.7 Å². The standard InChI is InChI=1S/C26H24ClNO4S/c1-16(2)19-10-8-17(3)14-23(19)31-13-12-28-25(29)24(33-26(28)30)15-18-9-11-22(32-18)20-6-4-5-7-21(20)27/h4-11,14-16H,12-13H2,1-3H3/b24-15-. The Balaban J connectivity index is 1.43. The van der Waals surface area contributed by atoms with Crippen LogP contribution in [0.5, 0.6) is 5.75 Å². The van der Waals surface area contributed by atoms with E-state index in [9.17, 15) is 9.59 Å². The number of carbonyl (C=O) groups is 2. The minimum atomic E-state index is -0.349. The third-order valence-electron chi connectivity index (χ3n) is 5.28. The second-order valence-corrected chi connectivity index (χ2v) is 9.46. The lowest BCUT2D eigenvalue weighted by Crippen LogP contribution is -2.32. The molecule has 1 fully saturated rings. The van der Waals surface area contributed by atoms with Crippen molar-refractivity contribution in [2.75, 3.05) is 13.2 Å². The highest BCUT2D eigenvalue weighted by molar-refractivity contribution is 8.18. The van der Waals surface area contributed by atoms with E-state index >= 15 is 0 Å². The van der Waals surface area contributed by atoms with Crippen molar-refractivity contribution in [3.05, 3.63) is 81.4 Å². The molecule has 1 aliphatic rings. The fourth-order valence-corrected chi connectivity index (χ4v) is 4.62. The lowest BCUT2D eigenvalue weighted by molar-refractivity contribution is -0.123. The summed E-state index contributed by atoms with van der Waals surface area (Å²) in [5, 5.41) is 0.258. The number of ether oxygens (including phenoxy) is 1. The van der Waals surface area contributed by atoms with Crippen molar-refractivity contribution >= 4 is 40.6 Å². The highest BCUT2D eigenvalue weighted by Crippen LogP contribution is 2.34. The van der Waals surface area contributed by atoms with Crippen molar-refractivity contribution in [1.29, 1.82) is 0 Å². The van der Waals surface area contributed by atoms with Gasteiger partial charge in [-0.3, -0.25) is 14.5 Å². The van der Waals surface area contributed by atoms with Crippen molar-refractivity contribution in [2.24, 2.45) is 0 Å². The number of rotatable bonds is 7. The molecule has 1 aromatic heterocycles. The Labute approximate surface area is 202 Å². The molecule has 2 amide bonds. The van der Waals surface area contributed by atoms with Crippen LogP contribution in [0.25, 0.3) is 17.4 Å². The number of furan rings is 1. The summed E-state index contributed by atoms with van der Waals surface area (Å²) in [7, 11) is 0. The third kappa shape index (κ3) is 5.18. The normalized spacial score (nSPS) is 15.2. The first kappa shape index (κ1) is 23.2. The van der Waals surface area contributed by atoms with E-state index in [2.05, 4.69) is 26.0 Å². The van der Waals surface area contributed by atoms with E-state index in [-0.39, 0.29) is 24.3 Å². The quantitative estimate of drug-likeness (QED) is 0.335. The summed E-state index contributed by atoms with van der Waals surface area (Å²) >= 11 is 7.13. The van der Waals surface area contributed by atoms with Crippen LogP contribution in [0.3, 0.4) is 0 Å². The van der Waals surface area contributed by atoms with Crippen LogP contribution < -0.4 is 4.74 Å². The van der Waals surface area contributed by atoms with Gasteiger partial charge in [-0.25, -0.2) is 0 Å². The number of hydrogen-bond donors (Lipinski definition) is 0. The maximum absolute atomic E-state index is 12.8. The smallest absolute Gasteiger partial charge is 0.293 e. The number of halogens is 1. The maximum Gasteiger partial charge on any atom is 0.293 e. The first-order valence-electron chi connectivity index (χ1n) is 10.7. The number of nitrogens with zero attached hydrogens (tertiary/aromatic N) is 1. The molecule has 0 saturated carbocycles. The van der Waals surface area contributed by atoms with Crippen LogP contribution >= 0.6 is 23.4 Å². The SMILES string of the molecule is Cc1ccc(C(C)C)c(OCCN2C(=O)S/C(=C\c3ccc(-c4ccccc4Cl)o3)C2=O)c1. The fraction of sp³-hybridized carbons (Fsp3) is 0.231. The van der Waals surface area contributed by atoms with Gasteiger partial charge in [-0.1, -0.05) is 49.7 Å². The Bertz CT molecular complexity index is 1230. The molecule has 0 atom stereocenters. The Morgan fingerprint density at radius 3 is 2.67 bits per heavy atom. The van der Waals surface area contributed by atoms with Crippen LogP contribution in [0.4, 0.5) is 4.79 Å². The highest BCUT2D eigenvalue weighted by Gasteiger charge is 2.35. The molecule has 0 unspecified atom stereocenters. The number of benzene rings is 2. The average molecular weight is 482 g/mol. The van der Waals surface area contributed by atoms with E-state index in [1.165, 1.54) is 4.90 Å². The second-order valence-electron chi connectivity index (χ2n) is 8.06. The minimum Gasteiger partial charge on any atom is -0.491 e. The van der Waals surface area contributed by atoms with Gasteiger partial charge in [-0.2, -0.15) is 0 Å². The van der Waals surface area contributed by atoms with Crippen LogP contribution in [0, 0.1) is 6.92 Å². The van der Waals surface area contributed by atoms with Crippen molar-refractivity contribution in [3.8, 4) is 17.1 Å². The van der Waals surface area contributed by atoms with Gasteiger partial charge in [-0.05, 0) is 66.1 Å². The molecule has 0 aliphatic carbocycles. The summed E-state index contributed by atoms with van der Waals surface area (Å²) in [5.74, 6) is 1.82. The third-order valence-corrected chi connectivity index (χ3v) is 6.51. The topological polar surface area (TPSA) is 59.8 Å². The lowest BCUT2D eigenvalue weighted by atomic mass is 10.0. The average Bonchev–Trinajstić information content (AvgIpc) is 3.34. The number of imide groups is 1. The Hall–Kier alpha value is -2.96. The first-order valence-corrected chi connectivity index (χ1v) is 11.9. The van der Waals surface area contributed by atoms with E-state index in [4.69, 9.17) is 20.8 Å². The van der Waals surface area contributed by atoms with Crippen LogP contribution in [0.2, 0.25) is 5.02 Å². The molecule has 4 rings (SSSR count). The predicted molar refractivity (Wildman–Crippen MR) is 133 cm³/mol. The van der Waals surface area contributed by atoms with Gasteiger partial charge in [0.2, 0.25) is 0 Å². The molecule has 2 heterocycles. The van der Waals surface area contributed by atoms with Gasteiger partial charge in [0.15, 0.2) is 0 Å². The highest BCUT2D eigenvalue weighted by atomic mass is 35.5. The first-order chi connectivity index (χ1) is 15.8. The summed E-state index contributed by atoms with van der Waals surface area (Å²) in [4.78, 5) is 26.8. The summed E-state index contributed by atoms with van der Waals surface area (Å²) < 4.78 is 11.8. The molecule has 5 nitrogen and oxygen atoms in total. The van der Waals surface area contributed by atoms with E-state index < -0.39 is 0 Å². The molecule has 0 bridgehead atoms. The van der Waals surface area contributed by atoms with Crippen LogP contribution in [0.1, 0.15) is 36.7 Å². The van der Waals surface area contributed by atoms with Gasteiger partial charge in [0.1, 0.15) is 23.9 Å². The van der Waals surface area contributed by atoms with Crippen molar-refractivity contribution in [3.63, 3.8) is 0 Å². The molecule has 33 heavy (non-hydrogen) atoms. The summed E-state index contributed by atoms with van der Waals surface area (Å²) in [5.41, 5.74) is 2.96. The minimum absolute atomic E-state index is 0.177. The van der Waals surface area contributed by atoms with Crippen LogP contribution in [-0.2, 0) is 4.79 Å². The Morgan fingerprint density at radius 2 is 1.91 bits per heavy atom. The number of hydrogen-bond acceptors (Lipinski definition) is 5. The molecule has 0 spiro atoms. The molecule has 2 aromatic carbocycles. The number of carbonyl (C=O) groups excluding carboxylic acids is 2. The molecule has 7 heteroatoms. The molecule has 3 aromatic rings. The lowest BCUT2D eigenvalue weighted by Gasteiger charge is -2.17. The zero-order valence-corrected chi connectivity index (χ0v) is 20.2. The number of amides is 2. The Kier molecular flexibility index (Phi) is 6.96. The zero-order valence-electron chi connectivity index (χ0n) is 18.6. The monoisotopic (exact) mass is 481 g/mol. The summed E-state index contributed by atoms with van der Waals surface area (Å²) in [6.07, 6.45) is 1.59. The molecule has 0 N–H and O–H groups in total. The van der Waals surface area contributed by atoms with Crippen molar-refractivity contribution in [1.82, 2.24) is 4.90 Å². The molecule has 1 saturated heterocycles. The van der Waals surface area contributed by atoms with Crippen molar-refractivity contribution in [2.45, 2.75) is 26.7 Å². The molecule has 0 radical (unpaired) electrons. The van der Waals surface area contributed by atoms with Gasteiger partial charge < -0.3 is 9.15 Å². The predicted octanol–water partition coefficient (Wildman–Crippen LogP) is 7.15. The van der Waals surface area contributed by atoms with Crippen LogP contribution in [0.15, 0.2) is 63.9 Å². The molecular formula is C26H24ClNO4S. The van der Waals surface area contributed by atoms with Gasteiger partial charge in [0.05, 0.1) is 16.5 Å². The molecular weight excluding hydrogens is 458 g/mol. The zero-order chi connectivity index (χ0) is 23.5. The molecule has 1 aliphatic heterocycles. The van der Waals surface area contributed by atoms with E-state index in [0.29, 0.717) is 27.4 Å². The summed E-state index contributed by atoms with van der Waals surface area (Å²) in [6, 6.07) is 17.0. The number of thioether (sulfide) groups is 1. The van der Waals surface area contributed by atoms with E-state index in [0.717, 1.165) is 34.2 Å². The largest absolute Gasteiger partial charge is 0.491 e. The number of aryl methyl sites for hydroxylation is 1. The maximum atomic E-state index is 12.8. The Morgan fingerprint density at radius 1 is 1.12 bits per heavy atom. The fourth-order valence-electron chi connectivity index (χ4n) is 3.55.